The first-order valence-electron chi connectivity index (χ1n) is 7.66. The van der Waals surface area contributed by atoms with Gasteiger partial charge in [0.2, 0.25) is 5.91 Å². The molecule has 1 aromatic carbocycles. The van der Waals surface area contributed by atoms with Crippen molar-refractivity contribution in [2.24, 2.45) is 0 Å². The molecule has 1 aliphatic rings. The number of amides is 2. The van der Waals surface area contributed by atoms with Crippen molar-refractivity contribution in [1.29, 1.82) is 0 Å². The summed E-state index contributed by atoms with van der Waals surface area (Å²) in [5.41, 5.74) is 1.59. The molecule has 5 nitrogen and oxygen atoms in total. The van der Waals surface area contributed by atoms with Crippen LogP contribution in [0.5, 0.6) is 0 Å². The Bertz CT molecular complexity index is 699. The van der Waals surface area contributed by atoms with Gasteiger partial charge in [-0.05, 0) is 12.5 Å². The maximum absolute atomic E-state index is 12.5. The van der Waals surface area contributed by atoms with Gasteiger partial charge >= 0.3 is 0 Å². The molecule has 2 amide bonds. The van der Waals surface area contributed by atoms with Gasteiger partial charge in [0.15, 0.2) is 0 Å². The smallest absolute Gasteiger partial charge is 0.273 e. The molecule has 120 valence electrons. The quantitative estimate of drug-likeness (QED) is 0.868. The minimum absolute atomic E-state index is 0.0799. The molecule has 2 heterocycles. The van der Waals surface area contributed by atoms with E-state index in [0.29, 0.717) is 38.3 Å². The highest BCUT2D eigenvalue weighted by molar-refractivity contribution is 7.09. The van der Waals surface area contributed by atoms with Crippen molar-refractivity contribution in [3.63, 3.8) is 0 Å². The van der Waals surface area contributed by atoms with Gasteiger partial charge in [-0.15, -0.1) is 11.3 Å². The van der Waals surface area contributed by atoms with Crippen LogP contribution in [0.3, 0.4) is 0 Å². The van der Waals surface area contributed by atoms with Gasteiger partial charge in [-0.2, -0.15) is 0 Å². The van der Waals surface area contributed by atoms with Crippen LogP contribution in [-0.4, -0.2) is 46.2 Å². The Labute approximate surface area is 139 Å². The van der Waals surface area contributed by atoms with Crippen molar-refractivity contribution >= 4 is 23.2 Å². The highest BCUT2D eigenvalue weighted by Gasteiger charge is 2.25. The first-order chi connectivity index (χ1) is 11.1. The van der Waals surface area contributed by atoms with Gasteiger partial charge < -0.3 is 9.80 Å². The molecule has 1 aromatic heterocycles. The van der Waals surface area contributed by atoms with Gasteiger partial charge in [-0.3, -0.25) is 9.59 Å². The summed E-state index contributed by atoms with van der Waals surface area (Å²) in [7, 11) is 0. The van der Waals surface area contributed by atoms with Crippen molar-refractivity contribution in [2.45, 2.75) is 19.9 Å². The molecule has 23 heavy (non-hydrogen) atoms. The van der Waals surface area contributed by atoms with Crippen LogP contribution in [0, 0.1) is 6.92 Å². The minimum Gasteiger partial charge on any atom is -0.337 e. The second-order valence-electron chi connectivity index (χ2n) is 5.59. The maximum Gasteiger partial charge on any atom is 0.273 e. The summed E-state index contributed by atoms with van der Waals surface area (Å²) < 4.78 is 0. The Hall–Kier alpha value is -2.21. The van der Waals surface area contributed by atoms with Gasteiger partial charge in [-0.25, -0.2) is 4.98 Å². The van der Waals surface area contributed by atoms with Crippen molar-refractivity contribution in [3.8, 4) is 0 Å². The van der Waals surface area contributed by atoms with Crippen molar-refractivity contribution in [1.82, 2.24) is 14.8 Å². The molecule has 1 aliphatic heterocycles. The monoisotopic (exact) mass is 329 g/mol. The summed E-state index contributed by atoms with van der Waals surface area (Å²) >= 11 is 1.47. The Morgan fingerprint density at radius 1 is 1.22 bits per heavy atom. The average molecular weight is 329 g/mol. The molecule has 0 aliphatic carbocycles. The fourth-order valence-electron chi connectivity index (χ4n) is 2.66. The molecule has 0 saturated carbocycles. The van der Waals surface area contributed by atoms with Crippen molar-refractivity contribution < 1.29 is 9.59 Å². The fraction of sp³-hybridized carbons (Fsp3) is 0.353. The molecule has 0 bridgehead atoms. The molecule has 2 aromatic rings. The normalized spacial score (nSPS) is 15.6. The highest BCUT2D eigenvalue weighted by atomic mass is 32.1. The third kappa shape index (κ3) is 3.76. The predicted octanol–water partition coefficient (Wildman–Crippen LogP) is 2.33. The van der Waals surface area contributed by atoms with E-state index in [9.17, 15) is 9.59 Å². The molecule has 0 spiro atoms. The number of hydrogen-bond acceptors (Lipinski definition) is 4. The Kier molecular flexibility index (Phi) is 4.71. The Balaban J connectivity index is 1.66. The summed E-state index contributed by atoms with van der Waals surface area (Å²) in [6.07, 6.45) is 0.363. The Morgan fingerprint density at radius 2 is 2.00 bits per heavy atom. The summed E-state index contributed by atoms with van der Waals surface area (Å²) in [6.45, 7) is 4.04. The largest absolute Gasteiger partial charge is 0.337 e. The van der Waals surface area contributed by atoms with E-state index in [0.717, 1.165) is 10.6 Å². The molecule has 0 atom stereocenters. The second-order valence-corrected chi connectivity index (χ2v) is 6.66. The first kappa shape index (κ1) is 15.7. The number of hydrogen-bond donors (Lipinski definition) is 0. The molecular formula is C17H19N3O2S. The van der Waals surface area contributed by atoms with E-state index in [1.165, 1.54) is 11.3 Å². The van der Waals surface area contributed by atoms with E-state index in [-0.39, 0.29) is 11.8 Å². The lowest BCUT2D eigenvalue weighted by Gasteiger charge is -2.22. The van der Waals surface area contributed by atoms with Crippen LogP contribution in [0.25, 0.3) is 0 Å². The van der Waals surface area contributed by atoms with Crippen LogP contribution in [0.15, 0.2) is 35.7 Å². The molecule has 0 radical (unpaired) electrons. The van der Waals surface area contributed by atoms with Crippen LogP contribution in [0.1, 0.15) is 27.5 Å². The molecule has 0 unspecified atom stereocenters. The van der Waals surface area contributed by atoms with Gasteiger partial charge in [0, 0.05) is 38.0 Å². The van der Waals surface area contributed by atoms with Crippen LogP contribution in [-0.2, 0) is 11.3 Å². The van der Waals surface area contributed by atoms with Gasteiger partial charge in [0.1, 0.15) is 5.69 Å². The molecule has 1 saturated heterocycles. The van der Waals surface area contributed by atoms with E-state index in [4.69, 9.17) is 0 Å². The zero-order chi connectivity index (χ0) is 16.2. The van der Waals surface area contributed by atoms with Gasteiger partial charge in [0.25, 0.3) is 5.91 Å². The van der Waals surface area contributed by atoms with E-state index >= 15 is 0 Å². The lowest BCUT2D eigenvalue weighted by Crippen LogP contribution is -2.35. The van der Waals surface area contributed by atoms with Crippen LogP contribution < -0.4 is 0 Å². The van der Waals surface area contributed by atoms with Crippen LogP contribution >= 0.6 is 11.3 Å². The molecular weight excluding hydrogens is 310 g/mol. The van der Waals surface area contributed by atoms with E-state index < -0.39 is 0 Å². The first-order valence-corrected chi connectivity index (χ1v) is 8.54. The van der Waals surface area contributed by atoms with Crippen molar-refractivity contribution in [3.05, 3.63) is 52.0 Å². The molecule has 3 rings (SSSR count). The van der Waals surface area contributed by atoms with Gasteiger partial charge in [0.05, 0.1) is 5.01 Å². The number of carbonyl (C=O) groups excluding carboxylic acids is 2. The summed E-state index contributed by atoms with van der Waals surface area (Å²) in [4.78, 5) is 32.6. The van der Waals surface area contributed by atoms with Gasteiger partial charge in [-0.1, -0.05) is 30.3 Å². The zero-order valence-electron chi connectivity index (χ0n) is 13.1. The summed E-state index contributed by atoms with van der Waals surface area (Å²) in [5.74, 6) is 0.0160. The molecule has 0 N–H and O–H groups in total. The highest BCUT2D eigenvalue weighted by Crippen LogP contribution is 2.14. The average Bonchev–Trinajstić information content (AvgIpc) is 2.92. The zero-order valence-corrected chi connectivity index (χ0v) is 13.9. The number of thiazole rings is 1. The minimum atomic E-state index is -0.0799. The van der Waals surface area contributed by atoms with Crippen LogP contribution in [0.4, 0.5) is 0 Å². The lowest BCUT2D eigenvalue weighted by atomic mass is 10.2. The second kappa shape index (κ2) is 6.91. The van der Waals surface area contributed by atoms with E-state index in [1.807, 2.05) is 42.2 Å². The number of aromatic nitrogens is 1. The fourth-order valence-corrected chi connectivity index (χ4v) is 3.25. The number of benzene rings is 1. The number of nitrogens with zero attached hydrogens (tertiary/aromatic N) is 3. The lowest BCUT2D eigenvalue weighted by molar-refractivity contribution is -0.130. The molecule has 6 heteroatoms. The topological polar surface area (TPSA) is 53.5 Å². The summed E-state index contributed by atoms with van der Waals surface area (Å²) in [6, 6.07) is 9.93. The summed E-state index contributed by atoms with van der Waals surface area (Å²) in [5, 5.41) is 2.66. The van der Waals surface area contributed by atoms with Crippen molar-refractivity contribution in [2.75, 3.05) is 19.6 Å². The maximum atomic E-state index is 12.5. The Morgan fingerprint density at radius 3 is 2.70 bits per heavy atom. The van der Waals surface area contributed by atoms with Crippen LogP contribution in [0.2, 0.25) is 0 Å². The number of carbonyl (C=O) groups is 2. The van der Waals surface area contributed by atoms with E-state index in [2.05, 4.69) is 4.98 Å². The standard InChI is InChI=1S/C17H19N3O2S/c1-13-18-15(12-23-13)17(22)19-8-7-16(21)20(10-9-19)11-14-5-3-2-4-6-14/h2-6,12H,7-11H2,1H3. The third-order valence-electron chi connectivity index (χ3n) is 3.93. The van der Waals surface area contributed by atoms with E-state index in [1.54, 1.807) is 10.3 Å². The number of rotatable bonds is 3. The predicted molar refractivity (Wildman–Crippen MR) is 89.2 cm³/mol. The third-order valence-corrected chi connectivity index (χ3v) is 4.70. The number of aryl methyl sites for hydroxylation is 1. The molecule has 1 fully saturated rings. The SMILES string of the molecule is Cc1nc(C(=O)N2CCC(=O)N(Cc3ccccc3)CC2)cs1.